The van der Waals surface area contributed by atoms with E-state index in [0.29, 0.717) is 28.2 Å². The second kappa shape index (κ2) is 9.19. The van der Waals surface area contributed by atoms with Crippen molar-refractivity contribution in [3.05, 3.63) is 125 Å². The van der Waals surface area contributed by atoms with Gasteiger partial charge in [-0.25, -0.2) is 0 Å². The number of ether oxygens (including phenoxy) is 2. The number of ketones is 1. The number of carbonyl (C=O) groups is 2. The van der Waals surface area contributed by atoms with Crippen molar-refractivity contribution in [3.63, 3.8) is 0 Å². The van der Waals surface area contributed by atoms with Crippen LogP contribution in [0.4, 0.5) is 0 Å². The molecule has 3 aromatic carbocycles. The van der Waals surface area contributed by atoms with Gasteiger partial charge in [0.2, 0.25) is 5.91 Å². The fraction of sp³-hybridized carbons (Fsp3) is 0.107. The van der Waals surface area contributed by atoms with Gasteiger partial charge in [-0.2, -0.15) is 0 Å². The molecule has 0 saturated carbocycles. The molecule has 0 aliphatic carbocycles. The van der Waals surface area contributed by atoms with Crippen LogP contribution in [0.25, 0.3) is 0 Å². The van der Waals surface area contributed by atoms with Gasteiger partial charge in [-0.15, -0.1) is 0 Å². The minimum atomic E-state index is -0.610. The van der Waals surface area contributed by atoms with E-state index in [-0.39, 0.29) is 18.3 Å². The van der Waals surface area contributed by atoms with Crippen LogP contribution in [0.15, 0.2) is 97.3 Å². The highest BCUT2D eigenvalue weighted by molar-refractivity contribution is 6.04. The lowest BCUT2D eigenvalue weighted by atomic mass is 9.89. The molecule has 6 heteroatoms. The zero-order valence-electron chi connectivity index (χ0n) is 18.3. The van der Waals surface area contributed by atoms with Gasteiger partial charge in [-0.3, -0.25) is 14.6 Å². The van der Waals surface area contributed by atoms with Crippen molar-refractivity contribution in [2.75, 3.05) is 6.61 Å². The van der Waals surface area contributed by atoms with E-state index in [0.717, 1.165) is 11.1 Å². The minimum Gasteiger partial charge on any atom is -0.492 e. The number of benzene rings is 3. The number of aromatic nitrogens is 1. The van der Waals surface area contributed by atoms with Gasteiger partial charge in [0, 0.05) is 29.6 Å². The number of nitrogens with zero attached hydrogens (tertiary/aromatic N) is 1. The predicted octanol–water partition coefficient (Wildman–Crippen LogP) is 4.71. The van der Waals surface area contributed by atoms with E-state index in [1.165, 1.54) is 0 Å². The van der Waals surface area contributed by atoms with Crippen LogP contribution >= 0.6 is 0 Å². The lowest BCUT2D eigenvalue weighted by Crippen LogP contribution is -2.26. The van der Waals surface area contributed by atoms with Crippen LogP contribution in [0, 0.1) is 0 Å². The number of primary amides is 1. The van der Waals surface area contributed by atoms with Crippen molar-refractivity contribution in [3.8, 4) is 11.5 Å². The first-order chi connectivity index (χ1) is 16.6. The average molecular weight is 450 g/mol. The summed E-state index contributed by atoms with van der Waals surface area (Å²) in [6.07, 6.45) is 2.72. The molecule has 0 saturated heterocycles. The lowest BCUT2D eigenvalue weighted by molar-refractivity contribution is 0.0894. The Labute approximate surface area is 197 Å². The van der Waals surface area contributed by atoms with Crippen LogP contribution in [-0.4, -0.2) is 23.3 Å². The molecular weight excluding hydrogens is 428 g/mol. The standard InChI is InChI=1S/C28H22N2O4/c29-28(32)22-9-5-4-8-21(22)27(19-12-14-30-15-13-19)34-20-10-11-23-25(16-20)33-17-24(26(23)31)18-6-2-1-3-7-18/h1-16,24,27H,17H2,(H2,29,32)/t24?,27-/m1/s1. The van der Waals surface area contributed by atoms with Crippen molar-refractivity contribution in [2.24, 2.45) is 5.73 Å². The van der Waals surface area contributed by atoms with Crippen LogP contribution in [0.1, 0.15) is 49.4 Å². The summed E-state index contributed by atoms with van der Waals surface area (Å²) in [5, 5.41) is 0. The molecule has 0 spiro atoms. The highest BCUT2D eigenvalue weighted by Gasteiger charge is 2.31. The van der Waals surface area contributed by atoms with Crippen molar-refractivity contribution in [1.29, 1.82) is 0 Å². The number of pyridine rings is 1. The summed E-state index contributed by atoms with van der Waals surface area (Å²) in [5.41, 5.74) is 8.90. The molecule has 1 amide bonds. The summed E-state index contributed by atoms with van der Waals surface area (Å²) < 4.78 is 12.3. The minimum absolute atomic E-state index is 0.0174. The molecule has 1 unspecified atom stereocenters. The monoisotopic (exact) mass is 450 g/mol. The SMILES string of the molecule is NC(=O)c1ccccc1[C@H](Oc1ccc2c(c1)OCC(c1ccccc1)C2=O)c1ccncc1. The normalized spacial score (nSPS) is 15.6. The molecule has 168 valence electrons. The van der Waals surface area contributed by atoms with Crippen molar-refractivity contribution < 1.29 is 19.1 Å². The van der Waals surface area contributed by atoms with E-state index in [2.05, 4.69) is 4.98 Å². The highest BCUT2D eigenvalue weighted by atomic mass is 16.5. The maximum absolute atomic E-state index is 13.1. The Morgan fingerprint density at radius 1 is 0.971 bits per heavy atom. The van der Waals surface area contributed by atoms with Gasteiger partial charge in [-0.05, 0) is 41.5 Å². The summed E-state index contributed by atoms with van der Waals surface area (Å²) in [5.74, 6) is 0.123. The van der Waals surface area contributed by atoms with Gasteiger partial charge in [0.25, 0.3) is 0 Å². The molecule has 1 aromatic heterocycles. The maximum atomic E-state index is 13.1. The van der Waals surface area contributed by atoms with E-state index < -0.39 is 12.0 Å². The van der Waals surface area contributed by atoms with Crippen LogP contribution in [-0.2, 0) is 0 Å². The molecule has 0 radical (unpaired) electrons. The van der Waals surface area contributed by atoms with Gasteiger partial charge >= 0.3 is 0 Å². The largest absolute Gasteiger partial charge is 0.492 e. The molecule has 0 bridgehead atoms. The number of nitrogens with two attached hydrogens (primary N) is 1. The Hall–Kier alpha value is -4.45. The summed E-state index contributed by atoms with van der Waals surface area (Å²) in [7, 11) is 0. The van der Waals surface area contributed by atoms with Gasteiger partial charge < -0.3 is 15.2 Å². The fourth-order valence-corrected chi connectivity index (χ4v) is 4.20. The Bertz CT molecular complexity index is 1340. The molecule has 0 fully saturated rings. The number of hydrogen-bond acceptors (Lipinski definition) is 5. The van der Waals surface area contributed by atoms with Crippen LogP contribution < -0.4 is 15.2 Å². The molecule has 2 heterocycles. The van der Waals surface area contributed by atoms with Gasteiger partial charge in [0.15, 0.2) is 5.78 Å². The Morgan fingerprint density at radius 3 is 2.47 bits per heavy atom. The second-order valence-corrected chi connectivity index (χ2v) is 8.03. The van der Waals surface area contributed by atoms with E-state index in [4.69, 9.17) is 15.2 Å². The Kier molecular flexibility index (Phi) is 5.79. The third kappa shape index (κ3) is 4.13. The van der Waals surface area contributed by atoms with Crippen LogP contribution in [0.2, 0.25) is 0 Å². The Morgan fingerprint density at radius 2 is 1.71 bits per heavy atom. The smallest absolute Gasteiger partial charge is 0.249 e. The Balaban J connectivity index is 1.48. The zero-order valence-corrected chi connectivity index (χ0v) is 18.3. The number of amides is 1. The van der Waals surface area contributed by atoms with Crippen molar-refractivity contribution in [2.45, 2.75) is 12.0 Å². The van der Waals surface area contributed by atoms with Gasteiger partial charge in [0.1, 0.15) is 24.2 Å². The second-order valence-electron chi connectivity index (χ2n) is 8.03. The first-order valence-corrected chi connectivity index (χ1v) is 10.9. The average Bonchev–Trinajstić information content (AvgIpc) is 2.88. The zero-order chi connectivity index (χ0) is 23.5. The molecule has 1 aliphatic heterocycles. The summed E-state index contributed by atoms with van der Waals surface area (Å²) in [6.45, 7) is 0.262. The van der Waals surface area contributed by atoms with E-state index in [1.807, 2.05) is 54.6 Å². The number of Topliss-reactive ketones (excluding diaryl/α,β-unsaturated/α-hetero) is 1. The van der Waals surface area contributed by atoms with E-state index in [9.17, 15) is 9.59 Å². The number of rotatable bonds is 6. The lowest BCUT2D eigenvalue weighted by Gasteiger charge is -2.26. The van der Waals surface area contributed by atoms with Crippen LogP contribution in [0.5, 0.6) is 11.5 Å². The molecule has 6 nitrogen and oxygen atoms in total. The topological polar surface area (TPSA) is 91.5 Å². The third-order valence-corrected chi connectivity index (χ3v) is 5.91. The van der Waals surface area contributed by atoms with E-state index in [1.54, 1.807) is 42.7 Å². The molecule has 1 aliphatic rings. The third-order valence-electron chi connectivity index (χ3n) is 5.91. The molecule has 2 atom stereocenters. The quantitative estimate of drug-likeness (QED) is 0.459. The first kappa shape index (κ1) is 21.4. The van der Waals surface area contributed by atoms with E-state index >= 15 is 0 Å². The molecule has 2 N–H and O–H groups in total. The van der Waals surface area contributed by atoms with Gasteiger partial charge in [-0.1, -0.05) is 48.5 Å². The maximum Gasteiger partial charge on any atom is 0.249 e. The fourth-order valence-electron chi connectivity index (χ4n) is 4.20. The predicted molar refractivity (Wildman–Crippen MR) is 127 cm³/mol. The highest BCUT2D eigenvalue weighted by Crippen LogP contribution is 2.37. The molecule has 4 aromatic rings. The summed E-state index contributed by atoms with van der Waals surface area (Å²) >= 11 is 0. The van der Waals surface area contributed by atoms with Crippen LogP contribution in [0.3, 0.4) is 0 Å². The molecule has 5 rings (SSSR count). The van der Waals surface area contributed by atoms with Crippen molar-refractivity contribution >= 4 is 11.7 Å². The number of hydrogen-bond donors (Lipinski definition) is 1. The number of carbonyl (C=O) groups excluding carboxylic acids is 2. The van der Waals surface area contributed by atoms with Gasteiger partial charge in [0.05, 0.1) is 11.5 Å². The molecular formula is C28H22N2O4. The first-order valence-electron chi connectivity index (χ1n) is 10.9. The van der Waals surface area contributed by atoms with Crippen molar-refractivity contribution in [1.82, 2.24) is 4.98 Å². The summed E-state index contributed by atoms with van der Waals surface area (Å²) in [6, 6.07) is 25.5. The molecule has 34 heavy (non-hydrogen) atoms. The summed E-state index contributed by atoms with van der Waals surface area (Å²) in [4.78, 5) is 29.3. The number of fused-ring (bicyclic) bond motifs is 1.